The Kier molecular flexibility index (Phi) is 4.47. The van der Waals surface area contributed by atoms with Gasteiger partial charge in [0, 0.05) is 32.7 Å². The zero-order chi connectivity index (χ0) is 18.3. The van der Waals surface area contributed by atoms with Gasteiger partial charge in [-0.3, -0.25) is 9.47 Å². The van der Waals surface area contributed by atoms with E-state index < -0.39 is 15.8 Å². The van der Waals surface area contributed by atoms with Crippen molar-refractivity contribution in [3.63, 3.8) is 0 Å². The second kappa shape index (κ2) is 6.66. The number of aryl methyl sites for hydroxylation is 1. The van der Waals surface area contributed by atoms with Gasteiger partial charge in [-0.2, -0.15) is 11.3 Å². The van der Waals surface area contributed by atoms with Crippen molar-refractivity contribution < 1.29 is 12.8 Å². The lowest BCUT2D eigenvalue weighted by Gasteiger charge is -2.38. The molecule has 0 aliphatic carbocycles. The highest BCUT2D eigenvalue weighted by atomic mass is 32.2. The molecule has 1 N–H and O–H groups in total. The van der Waals surface area contributed by atoms with Gasteiger partial charge in [0.25, 0.3) is 0 Å². The van der Waals surface area contributed by atoms with Crippen molar-refractivity contribution in [2.45, 2.75) is 17.4 Å². The number of sulfonamides is 1. The zero-order valence-electron chi connectivity index (χ0n) is 14.2. The number of likely N-dealkylation sites (tertiary alicyclic amines) is 1. The Bertz CT molecular complexity index is 1080. The van der Waals surface area contributed by atoms with Crippen LogP contribution >= 0.6 is 11.3 Å². The third-order valence-electron chi connectivity index (χ3n) is 4.80. The third-order valence-corrected chi connectivity index (χ3v) is 6.92. The number of thiophene rings is 1. The highest BCUT2D eigenvalue weighted by molar-refractivity contribution is 7.89. The average Bonchev–Trinajstić information content (AvgIpc) is 3.19. The molecule has 1 fully saturated rings. The van der Waals surface area contributed by atoms with Gasteiger partial charge in [0.1, 0.15) is 0 Å². The minimum absolute atomic E-state index is 0.0341. The second-order valence-corrected chi connectivity index (χ2v) is 8.92. The monoisotopic (exact) mass is 393 g/mol. The maximum Gasteiger partial charge on any atom is 0.419 e. The molecule has 138 valence electrons. The summed E-state index contributed by atoms with van der Waals surface area (Å²) in [6.07, 6.45) is 1.14. The molecule has 1 atom stereocenters. The van der Waals surface area contributed by atoms with Gasteiger partial charge >= 0.3 is 5.76 Å². The molecule has 0 saturated carbocycles. The Hall–Kier alpha value is -1.94. The van der Waals surface area contributed by atoms with Crippen LogP contribution in [-0.2, 0) is 17.1 Å². The van der Waals surface area contributed by atoms with Crippen molar-refractivity contribution in [1.29, 1.82) is 0 Å². The van der Waals surface area contributed by atoms with E-state index in [1.54, 1.807) is 18.4 Å². The predicted octanol–water partition coefficient (Wildman–Crippen LogP) is 1.92. The van der Waals surface area contributed by atoms with Gasteiger partial charge in [-0.05, 0) is 47.0 Å². The normalized spacial score (nSPS) is 16.7. The van der Waals surface area contributed by atoms with Crippen LogP contribution in [0.25, 0.3) is 11.1 Å². The topological polar surface area (TPSA) is 84.5 Å². The fourth-order valence-electron chi connectivity index (χ4n) is 3.12. The fraction of sp³-hybridized carbons (Fsp3) is 0.353. The van der Waals surface area contributed by atoms with Gasteiger partial charge < -0.3 is 4.42 Å². The molecule has 7 nitrogen and oxygen atoms in total. The van der Waals surface area contributed by atoms with Gasteiger partial charge in [0.05, 0.1) is 10.4 Å². The van der Waals surface area contributed by atoms with E-state index in [2.05, 4.69) is 15.0 Å². The zero-order valence-corrected chi connectivity index (χ0v) is 15.8. The van der Waals surface area contributed by atoms with Gasteiger partial charge in [0.15, 0.2) is 5.58 Å². The van der Waals surface area contributed by atoms with Crippen LogP contribution in [0.4, 0.5) is 0 Å². The SMILES string of the molecule is Cn1c(=O)oc2ccc(S(=O)(=O)NC[C@@H](c3ccsc3)N3CCC3)cc21. The minimum Gasteiger partial charge on any atom is -0.408 e. The average molecular weight is 393 g/mol. The molecule has 0 bridgehead atoms. The number of rotatable bonds is 6. The van der Waals surface area contributed by atoms with Gasteiger partial charge in [-0.15, -0.1) is 0 Å². The van der Waals surface area contributed by atoms with Crippen LogP contribution in [0, 0.1) is 0 Å². The predicted molar refractivity (Wildman–Crippen MR) is 99.9 cm³/mol. The van der Waals surface area contributed by atoms with Crippen molar-refractivity contribution in [1.82, 2.24) is 14.2 Å². The van der Waals surface area contributed by atoms with Crippen LogP contribution in [0.15, 0.2) is 49.1 Å². The number of nitrogens with one attached hydrogen (secondary N) is 1. The Labute approximate surface area is 154 Å². The van der Waals surface area contributed by atoms with Gasteiger partial charge in [0.2, 0.25) is 10.0 Å². The Morgan fingerprint density at radius 3 is 2.77 bits per heavy atom. The van der Waals surface area contributed by atoms with Crippen molar-refractivity contribution in [2.75, 3.05) is 19.6 Å². The first kappa shape index (κ1) is 17.5. The molecule has 0 unspecified atom stereocenters. The first-order valence-corrected chi connectivity index (χ1v) is 10.7. The smallest absolute Gasteiger partial charge is 0.408 e. The van der Waals surface area contributed by atoms with Crippen LogP contribution in [0.1, 0.15) is 18.0 Å². The number of hydrogen-bond acceptors (Lipinski definition) is 6. The second-order valence-electron chi connectivity index (χ2n) is 6.37. The summed E-state index contributed by atoms with van der Waals surface area (Å²) in [5.41, 5.74) is 1.95. The maximum absolute atomic E-state index is 12.8. The molecule has 1 saturated heterocycles. The molecule has 2 aromatic heterocycles. The van der Waals surface area contributed by atoms with E-state index >= 15 is 0 Å². The summed E-state index contributed by atoms with van der Waals surface area (Å²) in [5, 5.41) is 4.06. The van der Waals surface area contributed by atoms with Gasteiger partial charge in [-0.25, -0.2) is 17.9 Å². The highest BCUT2D eigenvalue weighted by Gasteiger charge is 2.27. The molecule has 1 aliphatic rings. The molecule has 9 heteroatoms. The molecule has 1 aromatic carbocycles. The lowest BCUT2D eigenvalue weighted by Crippen LogP contribution is -2.44. The van der Waals surface area contributed by atoms with Crippen LogP contribution < -0.4 is 10.5 Å². The van der Waals surface area contributed by atoms with E-state index in [-0.39, 0.29) is 10.9 Å². The molecule has 0 spiro atoms. The van der Waals surface area contributed by atoms with E-state index in [1.165, 1.54) is 22.8 Å². The summed E-state index contributed by atoms with van der Waals surface area (Å²) in [6, 6.07) is 6.50. The molecule has 26 heavy (non-hydrogen) atoms. The largest absolute Gasteiger partial charge is 0.419 e. The molecule has 3 aromatic rings. The van der Waals surface area contributed by atoms with Crippen LogP contribution in [0.2, 0.25) is 0 Å². The molecule has 1 aliphatic heterocycles. The molecular weight excluding hydrogens is 374 g/mol. The van der Waals surface area contributed by atoms with Crippen LogP contribution in [0.5, 0.6) is 0 Å². The summed E-state index contributed by atoms with van der Waals surface area (Å²) in [4.78, 5) is 14.0. The minimum atomic E-state index is -3.69. The van der Waals surface area contributed by atoms with E-state index in [9.17, 15) is 13.2 Å². The Morgan fingerprint density at radius 1 is 1.31 bits per heavy atom. The Balaban J connectivity index is 1.58. The summed E-state index contributed by atoms with van der Waals surface area (Å²) in [6.45, 7) is 2.26. The number of oxazole rings is 1. The lowest BCUT2D eigenvalue weighted by molar-refractivity contribution is 0.120. The summed E-state index contributed by atoms with van der Waals surface area (Å²) in [7, 11) is -2.14. The van der Waals surface area contributed by atoms with Crippen molar-refractivity contribution in [2.24, 2.45) is 7.05 Å². The number of benzene rings is 1. The highest BCUT2D eigenvalue weighted by Crippen LogP contribution is 2.27. The quantitative estimate of drug-likeness (QED) is 0.692. The van der Waals surface area contributed by atoms with Crippen LogP contribution in [-0.4, -0.2) is 37.5 Å². The molecule has 4 rings (SSSR count). The van der Waals surface area contributed by atoms with Gasteiger partial charge in [-0.1, -0.05) is 0 Å². The lowest BCUT2D eigenvalue weighted by atomic mass is 10.1. The molecule has 3 heterocycles. The first-order valence-electron chi connectivity index (χ1n) is 8.31. The van der Waals surface area contributed by atoms with Crippen molar-refractivity contribution >= 4 is 32.5 Å². The molecule has 0 radical (unpaired) electrons. The summed E-state index contributed by atoms with van der Waals surface area (Å²) < 4.78 is 34.6. The number of nitrogens with zero attached hydrogens (tertiary/aromatic N) is 2. The summed E-state index contributed by atoms with van der Waals surface area (Å²) >= 11 is 1.61. The van der Waals surface area contributed by atoms with E-state index in [1.807, 2.05) is 11.4 Å². The summed E-state index contributed by atoms with van der Waals surface area (Å²) in [5.74, 6) is -0.516. The van der Waals surface area contributed by atoms with Crippen molar-refractivity contribution in [3.05, 3.63) is 51.1 Å². The van der Waals surface area contributed by atoms with Crippen LogP contribution in [0.3, 0.4) is 0 Å². The van der Waals surface area contributed by atoms with E-state index in [4.69, 9.17) is 4.42 Å². The maximum atomic E-state index is 12.8. The number of aromatic nitrogens is 1. The number of hydrogen-bond donors (Lipinski definition) is 1. The van der Waals surface area contributed by atoms with E-state index in [0.29, 0.717) is 17.6 Å². The first-order chi connectivity index (χ1) is 12.5. The fourth-order valence-corrected chi connectivity index (χ4v) is 4.89. The van der Waals surface area contributed by atoms with E-state index in [0.717, 1.165) is 25.1 Å². The standard InChI is InChI=1S/C17H19N3O4S2/c1-19-14-9-13(3-4-16(14)24-17(19)21)26(22,23)18-10-15(20-6-2-7-20)12-5-8-25-11-12/h3-5,8-9,11,15,18H,2,6-7,10H2,1H3/t15-/m0/s1. The van der Waals surface area contributed by atoms with Crippen molar-refractivity contribution in [3.8, 4) is 0 Å². The molecular formula is C17H19N3O4S2. The third kappa shape index (κ3) is 3.11. The Morgan fingerprint density at radius 2 is 2.12 bits per heavy atom. The molecule has 0 amide bonds. The number of fused-ring (bicyclic) bond motifs is 1.